The van der Waals surface area contributed by atoms with E-state index in [4.69, 9.17) is 4.74 Å². The summed E-state index contributed by atoms with van der Waals surface area (Å²) in [5.74, 6) is 0.351. The Labute approximate surface area is 170 Å². The molecule has 0 heterocycles. The largest absolute Gasteiger partial charge is 0.497 e. The van der Waals surface area contributed by atoms with Gasteiger partial charge >= 0.3 is 6.18 Å². The zero-order valence-electron chi connectivity index (χ0n) is 17.4. The Kier molecular flexibility index (Phi) is 7.14. The van der Waals surface area contributed by atoms with E-state index < -0.39 is 17.3 Å². The van der Waals surface area contributed by atoms with Crippen LogP contribution in [0, 0.1) is 5.92 Å². The number of benzene rings is 2. The molecule has 2 aromatic rings. The van der Waals surface area contributed by atoms with Gasteiger partial charge < -0.3 is 14.7 Å². The number of rotatable bonds is 7. The smallest absolute Gasteiger partial charge is 0.416 e. The zero-order valence-corrected chi connectivity index (χ0v) is 17.4. The molecule has 0 aliphatic heterocycles. The highest BCUT2D eigenvalue weighted by molar-refractivity contribution is 5.57. The molecule has 0 aliphatic rings. The molecule has 2 unspecified atom stereocenters. The quantitative estimate of drug-likeness (QED) is 0.685. The Hall–Kier alpha value is -2.31. The van der Waals surface area contributed by atoms with Crippen LogP contribution in [0.1, 0.15) is 30.5 Å². The summed E-state index contributed by atoms with van der Waals surface area (Å²) in [6.07, 6.45) is -2.68. The van der Waals surface area contributed by atoms with Crippen LogP contribution in [0.3, 0.4) is 0 Å². The van der Waals surface area contributed by atoms with Crippen molar-refractivity contribution >= 4 is 6.08 Å². The molecule has 0 saturated carbocycles. The second-order valence-electron chi connectivity index (χ2n) is 7.61. The fraction of sp³-hybridized carbons (Fsp3) is 0.391. The van der Waals surface area contributed by atoms with Gasteiger partial charge in [0, 0.05) is 12.5 Å². The number of nitrogens with zero attached hydrogens (tertiary/aromatic N) is 1. The molecule has 158 valence electrons. The number of alkyl halides is 3. The maximum Gasteiger partial charge on any atom is 0.416 e. The zero-order chi connectivity index (χ0) is 21.8. The van der Waals surface area contributed by atoms with Gasteiger partial charge in [0.05, 0.1) is 12.7 Å². The predicted molar refractivity (Wildman–Crippen MR) is 110 cm³/mol. The van der Waals surface area contributed by atoms with E-state index in [0.717, 1.165) is 17.7 Å². The molecule has 0 saturated heterocycles. The summed E-state index contributed by atoms with van der Waals surface area (Å²) < 4.78 is 45.0. The van der Waals surface area contributed by atoms with E-state index in [9.17, 15) is 18.3 Å². The van der Waals surface area contributed by atoms with Gasteiger partial charge in [0.1, 0.15) is 11.4 Å². The molecule has 0 bridgehead atoms. The molecule has 0 aliphatic carbocycles. The summed E-state index contributed by atoms with van der Waals surface area (Å²) in [4.78, 5) is 1.91. The van der Waals surface area contributed by atoms with Crippen molar-refractivity contribution < 1.29 is 23.0 Å². The summed E-state index contributed by atoms with van der Waals surface area (Å²) in [7, 11) is 5.31. The first-order valence-corrected chi connectivity index (χ1v) is 9.36. The number of methoxy groups -OCH3 is 1. The molecule has 0 aromatic heterocycles. The molecular formula is C23H28F3NO2. The molecule has 6 heteroatoms. The molecule has 2 rings (SSSR count). The van der Waals surface area contributed by atoms with Crippen LogP contribution in [0.4, 0.5) is 13.2 Å². The normalized spacial score (nSPS) is 15.9. The van der Waals surface area contributed by atoms with Crippen LogP contribution in [-0.2, 0) is 11.8 Å². The average molecular weight is 407 g/mol. The van der Waals surface area contributed by atoms with Crippen molar-refractivity contribution in [1.29, 1.82) is 0 Å². The van der Waals surface area contributed by atoms with E-state index in [2.05, 4.69) is 0 Å². The van der Waals surface area contributed by atoms with Crippen molar-refractivity contribution in [3.05, 3.63) is 70.8 Å². The molecule has 3 nitrogen and oxygen atoms in total. The Balaban J connectivity index is 2.57. The van der Waals surface area contributed by atoms with Gasteiger partial charge in [0.25, 0.3) is 0 Å². The first-order chi connectivity index (χ1) is 13.5. The molecule has 0 spiro atoms. The van der Waals surface area contributed by atoms with Gasteiger partial charge in [-0.3, -0.25) is 0 Å². The van der Waals surface area contributed by atoms with E-state index in [-0.39, 0.29) is 11.5 Å². The van der Waals surface area contributed by atoms with Gasteiger partial charge in [-0.1, -0.05) is 37.3 Å². The molecule has 2 atom stereocenters. The van der Waals surface area contributed by atoms with Gasteiger partial charge in [0.2, 0.25) is 0 Å². The first-order valence-electron chi connectivity index (χ1n) is 9.36. The Morgan fingerprint density at radius 1 is 1.10 bits per heavy atom. The van der Waals surface area contributed by atoms with Gasteiger partial charge in [-0.2, -0.15) is 13.2 Å². The number of halogens is 3. The van der Waals surface area contributed by atoms with E-state index in [1.54, 1.807) is 38.3 Å². The minimum absolute atomic E-state index is 0.226. The van der Waals surface area contributed by atoms with Crippen LogP contribution < -0.4 is 4.74 Å². The highest BCUT2D eigenvalue weighted by Crippen LogP contribution is 2.40. The van der Waals surface area contributed by atoms with Crippen molar-refractivity contribution in [1.82, 2.24) is 4.90 Å². The summed E-state index contributed by atoms with van der Waals surface area (Å²) in [6.45, 7) is 4.09. The van der Waals surface area contributed by atoms with E-state index in [1.165, 1.54) is 6.07 Å². The average Bonchev–Trinajstić information content (AvgIpc) is 2.66. The number of aliphatic hydroxyl groups is 1. The highest BCUT2D eigenvalue weighted by atomic mass is 19.4. The summed E-state index contributed by atoms with van der Waals surface area (Å²) in [5.41, 5.74) is -0.723. The van der Waals surface area contributed by atoms with Crippen molar-refractivity contribution in [2.24, 2.45) is 5.92 Å². The number of hydrogen-bond donors (Lipinski definition) is 1. The number of hydrogen-bond acceptors (Lipinski definition) is 3. The van der Waals surface area contributed by atoms with Crippen molar-refractivity contribution in [2.45, 2.75) is 25.6 Å². The number of ether oxygens (including phenoxy) is 1. The maximum absolute atomic E-state index is 13.3. The van der Waals surface area contributed by atoms with Gasteiger partial charge in [-0.05, 0) is 62.0 Å². The lowest BCUT2D eigenvalue weighted by molar-refractivity contribution is -0.137. The molecule has 0 fully saturated rings. The fourth-order valence-electron chi connectivity index (χ4n) is 3.57. The topological polar surface area (TPSA) is 32.7 Å². The molecule has 1 N–H and O–H groups in total. The van der Waals surface area contributed by atoms with Crippen molar-refractivity contribution in [2.75, 3.05) is 27.7 Å². The van der Waals surface area contributed by atoms with Crippen molar-refractivity contribution in [3.63, 3.8) is 0 Å². The lowest BCUT2D eigenvalue weighted by atomic mass is 9.76. The van der Waals surface area contributed by atoms with Crippen molar-refractivity contribution in [3.8, 4) is 5.75 Å². The van der Waals surface area contributed by atoms with Crippen LogP contribution in [0.25, 0.3) is 6.08 Å². The van der Waals surface area contributed by atoms with Crippen LogP contribution in [0.15, 0.2) is 54.1 Å². The third kappa shape index (κ3) is 5.40. The van der Waals surface area contributed by atoms with Gasteiger partial charge in [-0.15, -0.1) is 0 Å². The lowest BCUT2D eigenvalue weighted by Gasteiger charge is -2.37. The lowest BCUT2D eigenvalue weighted by Crippen LogP contribution is -2.40. The SMILES string of the molecule is COc1ccc(C=C(C)C(O)(c2cccc(C(F)(F)F)c2)C(C)CN(C)C)cc1. The van der Waals surface area contributed by atoms with Crippen LogP contribution >= 0.6 is 0 Å². The fourth-order valence-corrected chi connectivity index (χ4v) is 3.57. The molecule has 0 radical (unpaired) electrons. The van der Waals surface area contributed by atoms with E-state index in [0.29, 0.717) is 17.9 Å². The highest BCUT2D eigenvalue weighted by Gasteiger charge is 2.39. The van der Waals surface area contributed by atoms with Crippen LogP contribution in [-0.4, -0.2) is 37.8 Å². The first kappa shape index (κ1) is 23.0. The standard InChI is InChI=1S/C23H28F3NO2/c1-16(13-18-9-11-21(29-5)12-10-18)22(28,17(2)15-27(3)4)19-7-6-8-20(14-19)23(24,25)26/h6-14,17,28H,15H2,1-5H3. The molecule has 2 aromatic carbocycles. The van der Waals surface area contributed by atoms with Crippen LogP contribution in [0.5, 0.6) is 5.75 Å². The van der Waals surface area contributed by atoms with E-state index in [1.807, 2.05) is 38.1 Å². The Morgan fingerprint density at radius 2 is 1.69 bits per heavy atom. The predicted octanol–water partition coefficient (Wildman–Crippen LogP) is 5.20. The third-order valence-corrected chi connectivity index (χ3v) is 5.08. The monoisotopic (exact) mass is 407 g/mol. The summed E-state index contributed by atoms with van der Waals surface area (Å²) in [5, 5.41) is 11.7. The molecule has 29 heavy (non-hydrogen) atoms. The summed E-state index contributed by atoms with van der Waals surface area (Å²) in [6, 6.07) is 12.2. The van der Waals surface area contributed by atoms with Crippen LogP contribution in [0.2, 0.25) is 0 Å². The minimum Gasteiger partial charge on any atom is -0.497 e. The minimum atomic E-state index is -4.48. The van der Waals surface area contributed by atoms with Gasteiger partial charge in [0.15, 0.2) is 0 Å². The Bertz CT molecular complexity index is 844. The van der Waals surface area contributed by atoms with E-state index >= 15 is 0 Å². The maximum atomic E-state index is 13.3. The Morgan fingerprint density at radius 3 is 2.21 bits per heavy atom. The second-order valence-corrected chi connectivity index (χ2v) is 7.61. The third-order valence-electron chi connectivity index (χ3n) is 5.08. The molecular weight excluding hydrogens is 379 g/mol. The van der Waals surface area contributed by atoms with Gasteiger partial charge in [-0.25, -0.2) is 0 Å². The molecule has 0 amide bonds. The second kappa shape index (κ2) is 9.01. The summed E-state index contributed by atoms with van der Waals surface area (Å²) >= 11 is 0.